The molecule has 0 amide bonds. The molecule has 0 aromatic carbocycles. The summed E-state index contributed by atoms with van der Waals surface area (Å²) >= 11 is 0. The molecule has 1 aromatic heterocycles. The van der Waals surface area contributed by atoms with Gasteiger partial charge in [-0.15, -0.1) is 0 Å². The molecule has 0 aliphatic heterocycles. The molecule has 0 aliphatic rings. The van der Waals surface area contributed by atoms with Gasteiger partial charge in [0.1, 0.15) is 0 Å². The van der Waals surface area contributed by atoms with Crippen LogP contribution in [0.15, 0.2) is 24.4 Å². The van der Waals surface area contributed by atoms with Crippen molar-refractivity contribution in [1.82, 2.24) is 4.98 Å². The second-order valence-electron chi connectivity index (χ2n) is 3.21. The summed E-state index contributed by atoms with van der Waals surface area (Å²) in [6, 6.07) is 4.00. The molecule has 0 saturated heterocycles. The second-order valence-corrected chi connectivity index (χ2v) is 3.21. The first-order valence-electron chi connectivity index (χ1n) is 6.30. The van der Waals surface area contributed by atoms with E-state index in [-0.39, 0.29) is 0 Å². The maximum absolute atomic E-state index is 4.18. The van der Waals surface area contributed by atoms with E-state index in [9.17, 15) is 0 Å². The van der Waals surface area contributed by atoms with Crippen molar-refractivity contribution in [3.05, 3.63) is 35.7 Å². The third kappa shape index (κ3) is 9.45. The third-order valence-corrected chi connectivity index (χ3v) is 1.87. The van der Waals surface area contributed by atoms with Gasteiger partial charge < -0.3 is 0 Å². The molecule has 1 rings (SSSR count). The average Bonchev–Trinajstić information content (AvgIpc) is 2.35. The highest BCUT2D eigenvalue weighted by Gasteiger charge is 1.89. The highest BCUT2D eigenvalue weighted by Crippen LogP contribution is 2.03. The lowest BCUT2D eigenvalue weighted by Gasteiger charge is -1.95. The van der Waals surface area contributed by atoms with Crippen molar-refractivity contribution < 1.29 is 0 Å². The fourth-order valence-electron chi connectivity index (χ4n) is 0.830. The quantitative estimate of drug-likeness (QED) is 0.664. The molecule has 0 unspecified atom stereocenters. The van der Waals surface area contributed by atoms with Crippen LogP contribution in [0, 0.1) is 6.92 Å². The van der Waals surface area contributed by atoms with Crippen LogP contribution in [0.25, 0.3) is 6.08 Å². The normalized spacial score (nSPS) is 8.88. The van der Waals surface area contributed by atoms with Crippen molar-refractivity contribution in [3.8, 4) is 0 Å². The number of hydrogen-bond acceptors (Lipinski definition) is 1. The van der Waals surface area contributed by atoms with Crippen LogP contribution in [-0.2, 0) is 0 Å². The van der Waals surface area contributed by atoms with E-state index in [0.29, 0.717) is 0 Å². The summed E-state index contributed by atoms with van der Waals surface area (Å²) in [5.74, 6) is 0. The molecule has 1 aromatic rings. The Labute approximate surface area is 102 Å². The van der Waals surface area contributed by atoms with Gasteiger partial charge in [-0.2, -0.15) is 0 Å². The van der Waals surface area contributed by atoms with Crippen LogP contribution in [0.5, 0.6) is 0 Å². The molecule has 16 heavy (non-hydrogen) atoms. The minimum atomic E-state index is 1.06. The summed E-state index contributed by atoms with van der Waals surface area (Å²) in [7, 11) is 0. The number of nitrogens with zero attached hydrogens (tertiary/aromatic N) is 1. The van der Waals surface area contributed by atoms with Gasteiger partial charge in [-0.25, -0.2) is 0 Å². The van der Waals surface area contributed by atoms with Crippen LogP contribution >= 0.6 is 0 Å². The maximum Gasteiger partial charge on any atom is 0.0655 e. The molecule has 0 spiro atoms. The van der Waals surface area contributed by atoms with Crippen LogP contribution in [0.1, 0.15) is 58.7 Å². The molecule has 0 radical (unpaired) electrons. The molecule has 1 heteroatoms. The van der Waals surface area contributed by atoms with E-state index in [0.717, 1.165) is 5.69 Å². The first-order chi connectivity index (χ1) is 7.76. The zero-order valence-corrected chi connectivity index (χ0v) is 11.7. The summed E-state index contributed by atoms with van der Waals surface area (Å²) in [4.78, 5) is 4.18. The number of unbranched alkanes of at least 4 members (excludes halogenated alkanes) is 1. The Morgan fingerprint density at radius 2 is 1.75 bits per heavy atom. The Bertz CT molecular complexity index is 262. The van der Waals surface area contributed by atoms with Gasteiger partial charge in [0.2, 0.25) is 0 Å². The third-order valence-electron chi connectivity index (χ3n) is 1.87. The topological polar surface area (TPSA) is 12.9 Å². The number of rotatable bonds is 2. The van der Waals surface area contributed by atoms with E-state index in [4.69, 9.17) is 0 Å². The van der Waals surface area contributed by atoms with E-state index in [2.05, 4.69) is 31.8 Å². The van der Waals surface area contributed by atoms with Crippen molar-refractivity contribution in [2.24, 2.45) is 0 Å². The first-order valence-corrected chi connectivity index (χ1v) is 6.30. The summed E-state index contributed by atoms with van der Waals surface area (Å²) in [5, 5.41) is 0. The largest absolute Gasteiger partial charge is 0.257 e. The van der Waals surface area contributed by atoms with Gasteiger partial charge in [-0.1, -0.05) is 52.7 Å². The van der Waals surface area contributed by atoms with Gasteiger partial charge in [0.15, 0.2) is 0 Å². The monoisotopic (exact) mass is 221 g/mol. The Morgan fingerprint density at radius 3 is 2.12 bits per heavy atom. The van der Waals surface area contributed by atoms with Gasteiger partial charge in [-0.05, 0) is 31.6 Å². The van der Waals surface area contributed by atoms with Crippen LogP contribution in [-0.4, -0.2) is 4.98 Å². The highest BCUT2D eigenvalue weighted by molar-refractivity contribution is 5.47. The van der Waals surface area contributed by atoms with E-state index in [1.165, 1.54) is 18.4 Å². The predicted molar refractivity (Wildman–Crippen MR) is 75.6 cm³/mol. The standard InChI is InChI=1S/C9H11N.C4H10.C2H6/c1-3-5-9-8(2)6-4-7-10-9;1-3-4-2;1-2/h3-7H,1-2H3;3-4H2,1-2H3;1-2H3/b5-3-;;. The minimum absolute atomic E-state index is 1.06. The zero-order chi connectivity index (χ0) is 12.8. The van der Waals surface area contributed by atoms with Crippen LogP contribution in [0.4, 0.5) is 0 Å². The molecular weight excluding hydrogens is 194 g/mol. The minimum Gasteiger partial charge on any atom is -0.257 e. The number of aromatic nitrogens is 1. The molecule has 0 bridgehead atoms. The molecule has 1 heterocycles. The Hall–Kier alpha value is -1.11. The maximum atomic E-state index is 4.18. The summed E-state index contributed by atoms with van der Waals surface area (Å²) in [5.41, 5.74) is 2.28. The van der Waals surface area contributed by atoms with Crippen molar-refractivity contribution in [2.45, 2.75) is 54.4 Å². The van der Waals surface area contributed by atoms with Crippen molar-refractivity contribution in [2.75, 3.05) is 0 Å². The molecule has 92 valence electrons. The van der Waals surface area contributed by atoms with Crippen LogP contribution < -0.4 is 0 Å². The molecule has 1 nitrogen and oxygen atoms in total. The SMILES string of the molecule is C/C=C\c1ncccc1C.CC.CCCC. The van der Waals surface area contributed by atoms with Gasteiger partial charge in [0, 0.05) is 6.20 Å². The summed E-state index contributed by atoms with van der Waals surface area (Å²) in [6.07, 6.45) is 8.45. The molecule has 0 atom stereocenters. The fourth-order valence-corrected chi connectivity index (χ4v) is 0.830. The lowest BCUT2D eigenvalue weighted by molar-refractivity contribution is 0.886. The van der Waals surface area contributed by atoms with Gasteiger partial charge in [-0.3, -0.25) is 4.98 Å². The first kappa shape index (κ1) is 17.3. The fraction of sp³-hybridized carbons (Fsp3) is 0.533. The van der Waals surface area contributed by atoms with Gasteiger partial charge >= 0.3 is 0 Å². The highest BCUT2D eigenvalue weighted by atomic mass is 14.7. The van der Waals surface area contributed by atoms with Crippen molar-refractivity contribution in [1.29, 1.82) is 0 Å². The van der Waals surface area contributed by atoms with Crippen molar-refractivity contribution in [3.63, 3.8) is 0 Å². The number of aryl methyl sites for hydroxylation is 1. The molecule has 0 aliphatic carbocycles. The molecule has 0 saturated carbocycles. The van der Waals surface area contributed by atoms with Crippen molar-refractivity contribution >= 4 is 6.08 Å². The van der Waals surface area contributed by atoms with Gasteiger partial charge in [0.05, 0.1) is 5.69 Å². The second kappa shape index (κ2) is 13.9. The summed E-state index contributed by atoms with van der Waals surface area (Å²) < 4.78 is 0. The van der Waals surface area contributed by atoms with E-state index in [1.54, 1.807) is 0 Å². The predicted octanol–water partition coefficient (Wildman–Crippen LogP) is 5.26. The number of allylic oxidation sites excluding steroid dienone is 1. The average molecular weight is 221 g/mol. The molecule has 0 fully saturated rings. The molecular formula is C15H27N. The van der Waals surface area contributed by atoms with Gasteiger partial charge in [0.25, 0.3) is 0 Å². The number of hydrogen-bond donors (Lipinski definition) is 0. The Balaban J connectivity index is 0. The lowest BCUT2D eigenvalue weighted by Crippen LogP contribution is -1.82. The molecule has 0 N–H and O–H groups in total. The smallest absolute Gasteiger partial charge is 0.0655 e. The Kier molecular flexibility index (Phi) is 15.0. The van der Waals surface area contributed by atoms with E-state index >= 15 is 0 Å². The van der Waals surface area contributed by atoms with E-state index < -0.39 is 0 Å². The summed E-state index contributed by atoms with van der Waals surface area (Å²) in [6.45, 7) is 12.4. The van der Waals surface area contributed by atoms with Crippen LogP contribution in [0.3, 0.4) is 0 Å². The number of pyridine rings is 1. The Morgan fingerprint density at radius 1 is 1.19 bits per heavy atom. The van der Waals surface area contributed by atoms with Crippen LogP contribution in [0.2, 0.25) is 0 Å². The zero-order valence-electron chi connectivity index (χ0n) is 11.7. The lowest BCUT2D eigenvalue weighted by atomic mass is 10.2. The van der Waals surface area contributed by atoms with E-state index in [1.807, 2.05) is 45.2 Å².